The molecule has 148 valence electrons. The molecule has 3 saturated heterocycles. The molecule has 0 N–H and O–H groups in total. The maximum absolute atomic E-state index is 12.6. The van der Waals surface area contributed by atoms with Crippen molar-refractivity contribution in [2.45, 2.75) is 32.2 Å². The first-order valence-corrected chi connectivity index (χ1v) is 11.3. The van der Waals surface area contributed by atoms with E-state index in [1.54, 1.807) is 8.61 Å². The standard InChI is InChI=1S/C19H28N4O3S/c24-19-4-3-11-23(19)18-7-5-17(6-8-18)16-20-12-14-22(15-13-20)27(25,26)21-9-1-2-10-21/h5-8H,1-4,9-16H2. The van der Waals surface area contributed by atoms with Crippen molar-refractivity contribution in [2.24, 2.45) is 0 Å². The molecule has 0 atom stereocenters. The normalized spacial score (nSPS) is 23.4. The van der Waals surface area contributed by atoms with Gasteiger partial charge in [-0.2, -0.15) is 17.0 Å². The molecule has 3 fully saturated rings. The first-order valence-electron chi connectivity index (χ1n) is 9.91. The first kappa shape index (κ1) is 18.9. The second kappa shape index (κ2) is 7.87. The highest BCUT2D eigenvalue weighted by Crippen LogP contribution is 2.23. The Balaban J connectivity index is 1.31. The zero-order valence-electron chi connectivity index (χ0n) is 15.7. The van der Waals surface area contributed by atoms with Crippen molar-refractivity contribution in [1.82, 2.24) is 13.5 Å². The van der Waals surface area contributed by atoms with Gasteiger partial charge in [0.05, 0.1) is 0 Å². The van der Waals surface area contributed by atoms with Crippen molar-refractivity contribution >= 4 is 21.8 Å². The zero-order valence-corrected chi connectivity index (χ0v) is 16.5. The lowest BCUT2D eigenvalue weighted by Gasteiger charge is -2.35. The summed E-state index contributed by atoms with van der Waals surface area (Å²) in [7, 11) is -3.28. The summed E-state index contributed by atoms with van der Waals surface area (Å²) in [5.74, 6) is 0.207. The van der Waals surface area contributed by atoms with Crippen LogP contribution < -0.4 is 4.90 Å². The van der Waals surface area contributed by atoms with E-state index < -0.39 is 10.2 Å². The molecule has 8 heteroatoms. The molecule has 7 nitrogen and oxygen atoms in total. The minimum absolute atomic E-state index is 0.207. The first-order chi connectivity index (χ1) is 13.0. The Labute approximate surface area is 161 Å². The molecule has 0 saturated carbocycles. The van der Waals surface area contributed by atoms with Gasteiger partial charge in [0, 0.05) is 64.5 Å². The molecule has 1 amide bonds. The average Bonchev–Trinajstić information content (AvgIpc) is 3.35. The van der Waals surface area contributed by atoms with Crippen LogP contribution in [-0.2, 0) is 21.5 Å². The Hall–Kier alpha value is -1.48. The smallest absolute Gasteiger partial charge is 0.282 e. The maximum atomic E-state index is 12.6. The van der Waals surface area contributed by atoms with Crippen LogP contribution in [0.2, 0.25) is 0 Å². The molecular weight excluding hydrogens is 364 g/mol. The molecule has 27 heavy (non-hydrogen) atoms. The highest BCUT2D eigenvalue weighted by Gasteiger charge is 2.33. The van der Waals surface area contributed by atoms with E-state index in [9.17, 15) is 13.2 Å². The van der Waals surface area contributed by atoms with E-state index in [0.717, 1.165) is 51.1 Å². The Morgan fingerprint density at radius 1 is 0.778 bits per heavy atom. The van der Waals surface area contributed by atoms with Gasteiger partial charge in [0.25, 0.3) is 10.2 Å². The van der Waals surface area contributed by atoms with Crippen molar-refractivity contribution in [2.75, 3.05) is 50.7 Å². The molecular formula is C19H28N4O3S. The second-order valence-corrected chi connectivity index (χ2v) is 9.53. The van der Waals surface area contributed by atoms with Gasteiger partial charge in [-0.1, -0.05) is 12.1 Å². The molecule has 0 unspecified atom stereocenters. The number of hydrogen-bond acceptors (Lipinski definition) is 4. The summed E-state index contributed by atoms with van der Waals surface area (Å²) in [6.45, 7) is 5.55. The molecule has 0 aliphatic carbocycles. The van der Waals surface area contributed by atoms with Crippen LogP contribution in [0.5, 0.6) is 0 Å². The van der Waals surface area contributed by atoms with Crippen molar-refractivity contribution in [3.05, 3.63) is 29.8 Å². The largest absolute Gasteiger partial charge is 0.312 e. The molecule has 0 spiro atoms. The summed E-state index contributed by atoms with van der Waals surface area (Å²) in [5, 5.41) is 0. The van der Waals surface area contributed by atoms with Crippen LogP contribution in [0, 0.1) is 0 Å². The summed E-state index contributed by atoms with van der Waals surface area (Å²) in [6, 6.07) is 8.20. The van der Waals surface area contributed by atoms with E-state index in [0.29, 0.717) is 32.6 Å². The number of carbonyl (C=O) groups is 1. The fourth-order valence-corrected chi connectivity index (χ4v) is 5.83. The topological polar surface area (TPSA) is 64.2 Å². The fraction of sp³-hybridized carbons (Fsp3) is 0.632. The van der Waals surface area contributed by atoms with Crippen LogP contribution in [0.3, 0.4) is 0 Å². The number of nitrogens with zero attached hydrogens (tertiary/aromatic N) is 4. The van der Waals surface area contributed by atoms with Crippen LogP contribution in [0.15, 0.2) is 24.3 Å². The minimum atomic E-state index is -3.28. The number of carbonyl (C=O) groups excluding carboxylic acids is 1. The predicted octanol–water partition coefficient (Wildman–Crippen LogP) is 1.27. The van der Waals surface area contributed by atoms with E-state index in [-0.39, 0.29) is 5.91 Å². The molecule has 1 aromatic carbocycles. The van der Waals surface area contributed by atoms with Gasteiger partial charge >= 0.3 is 0 Å². The molecule has 3 aliphatic rings. The minimum Gasteiger partial charge on any atom is -0.312 e. The number of anilines is 1. The number of hydrogen-bond donors (Lipinski definition) is 0. The number of benzene rings is 1. The average molecular weight is 393 g/mol. The summed E-state index contributed by atoms with van der Waals surface area (Å²) in [4.78, 5) is 16.0. The molecule has 3 heterocycles. The molecule has 0 aromatic heterocycles. The summed E-state index contributed by atoms with van der Waals surface area (Å²) in [5.41, 5.74) is 2.17. The van der Waals surface area contributed by atoms with E-state index in [4.69, 9.17) is 0 Å². The molecule has 4 rings (SSSR count). The SMILES string of the molecule is O=C1CCCN1c1ccc(CN2CCN(S(=O)(=O)N3CCCC3)CC2)cc1. The van der Waals surface area contributed by atoms with Crippen LogP contribution in [0.1, 0.15) is 31.2 Å². The summed E-state index contributed by atoms with van der Waals surface area (Å²) >= 11 is 0. The van der Waals surface area contributed by atoms with Crippen molar-refractivity contribution in [1.29, 1.82) is 0 Å². The van der Waals surface area contributed by atoms with Gasteiger partial charge < -0.3 is 4.90 Å². The van der Waals surface area contributed by atoms with Crippen LogP contribution in [0.4, 0.5) is 5.69 Å². The third kappa shape index (κ3) is 4.03. The maximum Gasteiger partial charge on any atom is 0.282 e. The predicted molar refractivity (Wildman–Crippen MR) is 105 cm³/mol. The second-order valence-electron chi connectivity index (χ2n) is 7.60. The van der Waals surface area contributed by atoms with E-state index in [1.807, 2.05) is 17.0 Å². The Bertz CT molecular complexity index is 767. The Morgan fingerprint density at radius 2 is 1.41 bits per heavy atom. The van der Waals surface area contributed by atoms with Gasteiger partial charge in [-0.3, -0.25) is 9.69 Å². The van der Waals surface area contributed by atoms with Gasteiger partial charge in [0.1, 0.15) is 0 Å². The molecule has 0 radical (unpaired) electrons. The van der Waals surface area contributed by atoms with Gasteiger partial charge in [0.2, 0.25) is 5.91 Å². The summed E-state index contributed by atoms with van der Waals surface area (Å²) in [6.07, 6.45) is 3.52. The third-order valence-corrected chi connectivity index (χ3v) is 7.81. The third-order valence-electron chi connectivity index (χ3n) is 5.78. The zero-order chi connectivity index (χ0) is 18.9. The fourth-order valence-electron chi connectivity index (χ4n) is 4.16. The van der Waals surface area contributed by atoms with Crippen LogP contribution in [0.25, 0.3) is 0 Å². The molecule has 0 bridgehead atoms. The lowest BCUT2D eigenvalue weighted by atomic mass is 10.1. The quantitative estimate of drug-likeness (QED) is 0.757. The van der Waals surface area contributed by atoms with Crippen molar-refractivity contribution in [3.8, 4) is 0 Å². The van der Waals surface area contributed by atoms with E-state index in [2.05, 4.69) is 17.0 Å². The number of piperazine rings is 1. The van der Waals surface area contributed by atoms with Crippen molar-refractivity contribution in [3.63, 3.8) is 0 Å². The Morgan fingerprint density at radius 3 is 2.00 bits per heavy atom. The number of amides is 1. The number of rotatable bonds is 5. The highest BCUT2D eigenvalue weighted by molar-refractivity contribution is 7.86. The van der Waals surface area contributed by atoms with Crippen LogP contribution >= 0.6 is 0 Å². The van der Waals surface area contributed by atoms with Gasteiger partial charge in [-0.05, 0) is 37.0 Å². The van der Waals surface area contributed by atoms with Gasteiger partial charge in [0.15, 0.2) is 0 Å². The molecule has 3 aliphatic heterocycles. The van der Waals surface area contributed by atoms with Gasteiger partial charge in [-0.25, -0.2) is 0 Å². The highest BCUT2D eigenvalue weighted by atomic mass is 32.2. The Kier molecular flexibility index (Phi) is 5.50. The molecule has 1 aromatic rings. The monoisotopic (exact) mass is 392 g/mol. The van der Waals surface area contributed by atoms with E-state index in [1.165, 1.54) is 5.56 Å². The summed E-state index contributed by atoms with van der Waals surface area (Å²) < 4.78 is 28.5. The van der Waals surface area contributed by atoms with Crippen LogP contribution in [-0.4, -0.2) is 73.6 Å². The van der Waals surface area contributed by atoms with E-state index >= 15 is 0 Å². The lowest BCUT2D eigenvalue weighted by Crippen LogP contribution is -2.52. The van der Waals surface area contributed by atoms with Crippen molar-refractivity contribution < 1.29 is 13.2 Å². The lowest BCUT2D eigenvalue weighted by molar-refractivity contribution is -0.117. The van der Waals surface area contributed by atoms with Gasteiger partial charge in [-0.15, -0.1) is 0 Å².